The van der Waals surface area contributed by atoms with Crippen LogP contribution in [0.15, 0.2) is 0 Å². The third kappa shape index (κ3) is 7.90. The summed E-state index contributed by atoms with van der Waals surface area (Å²) in [5.41, 5.74) is 0. The first kappa shape index (κ1) is 13.9. The molecule has 6 nitrogen and oxygen atoms in total. The van der Waals surface area contributed by atoms with Crippen molar-refractivity contribution < 1.29 is 24.2 Å². The molecule has 0 heterocycles. The zero-order chi connectivity index (χ0) is 11.7. The second-order valence-electron chi connectivity index (χ2n) is 2.88. The Labute approximate surface area is 88.6 Å². The van der Waals surface area contributed by atoms with Crippen molar-refractivity contribution in [1.82, 2.24) is 5.32 Å². The van der Waals surface area contributed by atoms with Crippen LogP contribution in [0, 0.1) is 0 Å². The van der Waals surface area contributed by atoms with Gasteiger partial charge >= 0.3 is 5.97 Å². The standard InChI is InChI=1S/C9H17NO5/c1-3-14-4-5-15-6-8(11)10-7(2)9(12)13/h7H,3-6H2,1-2H3,(H,10,11)(H,12,13). The fraction of sp³-hybridized carbons (Fsp3) is 0.778. The van der Waals surface area contributed by atoms with Gasteiger partial charge in [-0.05, 0) is 13.8 Å². The van der Waals surface area contributed by atoms with Crippen molar-refractivity contribution in [2.75, 3.05) is 26.4 Å². The molecule has 0 aliphatic carbocycles. The third-order valence-corrected chi connectivity index (χ3v) is 1.56. The van der Waals surface area contributed by atoms with Crippen LogP contribution in [0.5, 0.6) is 0 Å². The number of nitrogens with one attached hydrogen (secondary N) is 1. The summed E-state index contributed by atoms with van der Waals surface area (Å²) in [6.45, 7) is 4.46. The topological polar surface area (TPSA) is 84.9 Å². The molecule has 15 heavy (non-hydrogen) atoms. The molecule has 88 valence electrons. The molecule has 0 aromatic carbocycles. The van der Waals surface area contributed by atoms with E-state index in [0.717, 1.165) is 0 Å². The second-order valence-corrected chi connectivity index (χ2v) is 2.88. The maximum atomic E-state index is 11.1. The molecule has 1 amide bonds. The zero-order valence-electron chi connectivity index (χ0n) is 8.99. The van der Waals surface area contributed by atoms with Gasteiger partial charge in [0.15, 0.2) is 0 Å². The summed E-state index contributed by atoms with van der Waals surface area (Å²) in [4.78, 5) is 21.4. The minimum atomic E-state index is -1.07. The van der Waals surface area contributed by atoms with Crippen LogP contribution < -0.4 is 5.32 Å². The second kappa shape index (κ2) is 8.19. The Morgan fingerprint density at radius 3 is 2.47 bits per heavy atom. The van der Waals surface area contributed by atoms with Crippen LogP contribution in [0.3, 0.4) is 0 Å². The van der Waals surface area contributed by atoms with Crippen LogP contribution >= 0.6 is 0 Å². The lowest BCUT2D eigenvalue weighted by Gasteiger charge is -2.09. The van der Waals surface area contributed by atoms with Gasteiger partial charge in [0.2, 0.25) is 5.91 Å². The first-order valence-electron chi connectivity index (χ1n) is 4.75. The molecule has 0 spiro atoms. The molecule has 2 N–H and O–H groups in total. The van der Waals surface area contributed by atoms with Gasteiger partial charge in [0.25, 0.3) is 0 Å². The molecule has 1 atom stereocenters. The zero-order valence-corrected chi connectivity index (χ0v) is 8.99. The highest BCUT2D eigenvalue weighted by molar-refractivity contribution is 5.83. The maximum absolute atomic E-state index is 11.1. The lowest BCUT2D eigenvalue weighted by atomic mass is 10.3. The molecular weight excluding hydrogens is 202 g/mol. The van der Waals surface area contributed by atoms with E-state index in [1.807, 2.05) is 6.92 Å². The Morgan fingerprint density at radius 2 is 1.93 bits per heavy atom. The smallest absolute Gasteiger partial charge is 0.325 e. The van der Waals surface area contributed by atoms with Crippen LogP contribution in [0.4, 0.5) is 0 Å². The molecule has 0 aliphatic rings. The summed E-state index contributed by atoms with van der Waals surface area (Å²) in [5.74, 6) is -1.51. The third-order valence-electron chi connectivity index (χ3n) is 1.56. The van der Waals surface area contributed by atoms with Crippen molar-refractivity contribution in [2.24, 2.45) is 0 Å². The van der Waals surface area contributed by atoms with Crippen LogP contribution in [0.25, 0.3) is 0 Å². The fourth-order valence-corrected chi connectivity index (χ4v) is 0.772. The van der Waals surface area contributed by atoms with Gasteiger partial charge < -0.3 is 19.9 Å². The molecule has 0 aliphatic heterocycles. The van der Waals surface area contributed by atoms with Crippen LogP contribution in [-0.2, 0) is 19.1 Å². The minimum absolute atomic E-state index is 0.148. The molecule has 0 bridgehead atoms. The normalized spacial score (nSPS) is 12.1. The van der Waals surface area contributed by atoms with Crippen molar-refractivity contribution in [2.45, 2.75) is 19.9 Å². The molecule has 1 unspecified atom stereocenters. The Bertz CT molecular complexity index is 207. The predicted molar refractivity (Wildman–Crippen MR) is 52.6 cm³/mol. The van der Waals surface area contributed by atoms with Crippen molar-refractivity contribution in [3.8, 4) is 0 Å². The molecule has 6 heteroatoms. The largest absolute Gasteiger partial charge is 0.480 e. The van der Waals surface area contributed by atoms with Crippen molar-refractivity contribution >= 4 is 11.9 Å². The number of ether oxygens (including phenoxy) is 2. The van der Waals surface area contributed by atoms with E-state index in [1.54, 1.807) is 0 Å². The molecule has 0 saturated carbocycles. The van der Waals surface area contributed by atoms with Gasteiger partial charge in [0, 0.05) is 6.61 Å². The highest BCUT2D eigenvalue weighted by atomic mass is 16.5. The summed E-state index contributed by atoms with van der Waals surface area (Å²) in [6, 6.07) is -0.895. The summed E-state index contributed by atoms with van der Waals surface area (Å²) in [6.07, 6.45) is 0. The number of aliphatic carboxylic acids is 1. The van der Waals surface area contributed by atoms with Crippen LogP contribution in [0.1, 0.15) is 13.8 Å². The number of carbonyl (C=O) groups is 2. The van der Waals surface area contributed by atoms with E-state index >= 15 is 0 Å². The van der Waals surface area contributed by atoms with E-state index in [2.05, 4.69) is 5.32 Å². The monoisotopic (exact) mass is 219 g/mol. The van der Waals surface area contributed by atoms with Gasteiger partial charge in [-0.3, -0.25) is 9.59 Å². The Morgan fingerprint density at radius 1 is 1.33 bits per heavy atom. The number of rotatable bonds is 8. The van der Waals surface area contributed by atoms with E-state index in [-0.39, 0.29) is 6.61 Å². The average Bonchev–Trinajstić information content (AvgIpc) is 2.17. The lowest BCUT2D eigenvalue weighted by Crippen LogP contribution is -2.40. The number of carbonyl (C=O) groups excluding carboxylic acids is 1. The summed E-state index contributed by atoms with van der Waals surface area (Å²) in [5, 5.41) is 10.8. The fourth-order valence-electron chi connectivity index (χ4n) is 0.772. The summed E-state index contributed by atoms with van der Waals surface area (Å²) < 4.78 is 9.93. The lowest BCUT2D eigenvalue weighted by molar-refractivity contribution is -0.142. The van der Waals surface area contributed by atoms with E-state index in [9.17, 15) is 9.59 Å². The molecule has 0 fully saturated rings. The van der Waals surface area contributed by atoms with E-state index in [1.165, 1.54) is 6.92 Å². The number of amides is 1. The van der Waals surface area contributed by atoms with Gasteiger partial charge in [-0.1, -0.05) is 0 Å². The van der Waals surface area contributed by atoms with E-state index in [4.69, 9.17) is 14.6 Å². The van der Waals surface area contributed by atoms with Gasteiger partial charge in [-0.25, -0.2) is 0 Å². The average molecular weight is 219 g/mol. The number of carboxylic acid groups (broad SMARTS) is 1. The SMILES string of the molecule is CCOCCOCC(=O)NC(C)C(=O)O. The molecule has 0 saturated heterocycles. The quantitative estimate of drug-likeness (QED) is 0.544. The maximum Gasteiger partial charge on any atom is 0.325 e. The molecule has 0 aromatic heterocycles. The van der Waals surface area contributed by atoms with Gasteiger partial charge in [-0.15, -0.1) is 0 Å². The van der Waals surface area contributed by atoms with Crippen molar-refractivity contribution in [3.05, 3.63) is 0 Å². The molecular formula is C9H17NO5. The minimum Gasteiger partial charge on any atom is -0.480 e. The van der Waals surface area contributed by atoms with Crippen molar-refractivity contribution in [3.63, 3.8) is 0 Å². The summed E-state index contributed by atoms with van der Waals surface area (Å²) in [7, 11) is 0. The van der Waals surface area contributed by atoms with Gasteiger partial charge in [0.05, 0.1) is 13.2 Å². The van der Waals surface area contributed by atoms with E-state index in [0.29, 0.717) is 19.8 Å². The Balaban J connectivity index is 3.45. The molecule has 0 rings (SSSR count). The first-order valence-corrected chi connectivity index (χ1v) is 4.75. The van der Waals surface area contributed by atoms with Gasteiger partial charge in [-0.2, -0.15) is 0 Å². The summed E-state index contributed by atoms with van der Waals surface area (Å²) >= 11 is 0. The Kier molecular flexibility index (Phi) is 7.57. The number of hydrogen-bond donors (Lipinski definition) is 2. The van der Waals surface area contributed by atoms with Gasteiger partial charge in [0.1, 0.15) is 12.6 Å². The predicted octanol–water partition coefficient (Wildman–Crippen LogP) is -0.371. The number of carboxylic acids is 1. The van der Waals surface area contributed by atoms with Crippen LogP contribution in [-0.4, -0.2) is 49.5 Å². The van der Waals surface area contributed by atoms with Crippen LogP contribution in [0.2, 0.25) is 0 Å². The molecule has 0 aromatic rings. The number of hydrogen-bond acceptors (Lipinski definition) is 4. The highest BCUT2D eigenvalue weighted by Crippen LogP contribution is 1.83. The highest BCUT2D eigenvalue weighted by Gasteiger charge is 2.13. The first-order chi connectivity index (χ1) is 7.07. The molecule has 0 radical (unpaired) electrons. The van der Waals surface area contributed by atoms with E-state index < -0.39 is 17.9 Å². The Hall–Kier alpha value is -1.14. The van der Waals surface area contributed by atoms with Crippen molar-refractivity contribution in [1.29, 1.82) is 0 Å².